The third-order valence-corrected chi connectivity index (χ3v) is 5.31. The zero-order chi connectivity index (χ0) is 32.7. The maximum Gasteiger partial charge on any atom is 0.302 e. The largest absolute Gasteiger partial charge is 0.463 e. The maximum absolute atomic E-state index is 10.6. The van der Waals surface area contributed by atoms with Crippen LogP contribution in [0.25, 0.3) is 0 Å². The Morgan fingerprint density at radius 1 is 0.333 bits per heavy atom. The molecule has 0 rings (SSSR count). The molecule has 0 atom stereocenters. The fourth-order valence-corrected chi connectivity index (χ4v) is 3.01. The minimum Gasteiger partial charge on any atom is -0.463 e. The SMILES string of the molecule is CC(=O)OCCOCCOCCOCCOCCOCCOCCOCCOCCOCCOCCOCCOCCN(C)C. The number of nitrogens with zero attached hydrogens (tertiary/aromatic N) is 1. The van der Waals surface area contributed by atoms with Crippen molar-refractivity contribution in [2.45, 2.75) is 6.92 Å². The summed E-state index contributed by atoms with van der Waals surface area (Å²) in [5.74, 6) is -0.311. The van der Waals surface area contributed by atoms with E-state index in [1.165, 1.54) is 6.92 Å². The number of hydrogen-bond donors (Lipinski definition) is 0. The Morgan fingerprint density at radius 2 is 0.511 bits per heavy atom. The molecule has 0 bridgehead atoms. The van der Waals surface area contributed by atoms with Crippen LogP contribution in [0.1, 0.15) is 6.92 Å². The van der Waals surface area contributed by atoms with E-state index in [2.05, 4.69) is 4.90 Å². The van der Waals surface area contributed by atoms with Crippen molar-refractivity contribution in [3.8, 4) is 0 Å². The molecular formula is C30H61NO14. The van der Waals surface area contributed by atoms with Crippen LogP contribution in [0, 0.1) is 0 Å². The smallest absolute Gasteiger partial charge is 0.302 e. The van der Waals surface area contributed by atoms with Gasteiger partial charge in [0.05, 0.1) is 159 Å². The molecule has 15 nitrogen and oxygen atoms in total. The number of hydrogen-bond acceptors (Lipinski definition) is 15. The van der Waals surface area contributed by atoms with E-state index < -0.39 is 0 Å². The normalized spacial score (nSPS) is 11.6. The van der Waals surface area contributed by atoms with Gasteiger partial charge in [0.15, 0.2) is 0 Å². The van der Waals surface area contributed by atoms with Crippen LogP contribution in [-0.2, 0) is 66.4 Å². The summed E-state index contributed by atoms with van der Waals surface area (Å²) in [7, 11) is 4.04. The quantitative estimate of drug-likeness (QED) is 0.0660. The van der Waals surface area contributed by atoms with Crippen molar-refractivity contribution in [1.82, 2.24) is 4.90 Å². The van der Waals surface area contributed by atoms with E-state index in [9.17, 15) is 4.79 Å². The van der Waals surface area contributed by atoms with Gasteiger partial charge in [-0.2, -0.15) is 0 Å². The first kappa shape index (κ1) is 43.9. The molecule has 0 saturated carbocycles. The molecule has 0 aromatic heterocycles. The predicted octanol–water partition coefficient (Wildman–Crippen LogP) is 0.310. The number of carbonyl (C=O) groups is 1. The molecule has 0 unspecified atom stereocenters. The van der Waals surface area contributed by atoms with E-state index in [0.29, 0.717) is 159 Å². The average Bonchev–Trinajstić information content (AvgIpc) is 3.02. The number of esters is 1. The molecule has 0 aliphatic carbocycles. The first-order valence-corrected chi connectivity index (χ1v) is 15.8. The predicted molar refractivity (Wildman–Crippen MR) is 165 cm³/mol. The topological polar surface area (TPSA) is 140 Å². The highest BCUT2D eigenvalue weighted by atomic mass is 16.6. The second kappa shape index (κ2) is 39.1. The molecular weight excluding hydrogens is 598 g/mol. The van der Waals surface area contributed by atoms with Crippen LogP contribution in [0.5, 0.6) is 0 Å². The van der Waals surface area contributed by atoms with Crippen LogP contribution in [0.4, 0.5) is 0 Å². The number of likely N-dealkylation sites (N-methyl/N-ethyl adjacent to an activating group) is 1. The van der Waals surface area contributed by atoms with E-state index in [4.69, 9.17) is 61.6 Å². The Bertz CT molecular complexity index is 577. The lowest BCUT2D eigenvalue weighted by Crippen LogP contribution is -2.19. The zero-order valence-electron chi connectivity index (χ0n) is 28.0. The fourth-order valence-electron chi connectivity index (χ4n) is 3.01. The Kier molecular flexibility index (Phi) is 38.2. The zero-order valence-corrected chi connectivity index (χ0v) is 28.0. The standard InChI is InChI=1S/C30H61NO14/c1-30(32)45-29-28-44-27-26-43-25-24-42-23-22-41-21-20-40-19-18-39-17-16-38-15-14-37-13-12-36-11-10-35-9-8-34-7-6-33-5-4-31(2)3/h4-29H2,1-3H3. The van der Waals surface area contributed by atoms with Gasteiger partial charge in [-0.3, -0.25) is 4.79 Å². The first-order chi connectivity index (χ1) is 22.1. The van der Waals surface area contributed by atoms with E-state index in [0.717, 1.165) is 6.54 Å². The number of rotatable bonds is 39. The molecule has 0 amide bonds. The van der Waals surface area contributed by atoms with Crippen LogP contribution in [0.2, 0.25) is 0 Å². The summed E-state index contributed by atoms with van der Waals surface area (Å²) < 4.78 is 69.9. The lowest BCUT2D eigenvalue weighted by atomic mass is 10.6. The summed E-state index contributed by atoms with van der Waals surface area (Å²) in [5.41, 5.74) is 0. The highest BCUT2D eigenvalue weighted by Crippen LogP contribution is 1.88. The van der Waals surface area contributed by atoms with Crippen molar-refractivity contribution in [2.75, 3.05) is 186 Å². The lowest BCUT2D eigenvalue weighted by molar-refractivity contribution is -0.142. The average molecular weight is 660 g/mol. The Hall–Kier alpha value is -1.05. The van der Waals surface area contributed by atoms with Crippen molar-refractivity contribution in [3.05, 3.63) is 0 Å². The van der Waals surface area contributed by atoms with Crippen LogP contribution in [-0.4, -0.2) is 197 Å². The second-order valence-electron chi connectivity index (χ2n) is 9.49. The van der Waals surface area contributed by atoms with Crippen molar-refractivity contribution < 1.29 is 66.4 Å². The van der Waals surface area contributed by atoms with E-state index in [1.807, 2.05) is 14.1 Å². The molecule has 0 saturated heterocycles. The molecule has 270 valence electrons. The van der Waals surface area contributed by atoms with Gasteiger partial charge in [0.2, 0.25) is 0 Å². The minimum atomic E-state index is -0.311. The summed E-state index contributed by atoms with van der Waals surface area (Å²) in [6.45, 7) is 14.8. The van der Waals surface area contributed by atoms with E-state index in [-0.39, 0.29) is 12.6 Å². The highest BCUT2D eigenvalue weighted by molar-refractivity contribution is 5.65. The molecule has 0 aromatic carbocycles. The maximum atomic E-state index is 10.6. The first-order valence-electron chi connectivity index (χ1n) is 15.8. The summed E-state index contributed by atoms with van der Waals surface area (Å²) in [5, 5.41) is 0. The molecule has 0 radical (unpaired) electrons. The van der Waals surface area contributed by atoms with Crippen LogP contribution >= 0.6 is 0 Å². The van der Waals surface area contributed by atoms with Crippen LogP contribution < -0.4 is 0 Å². The lowest BCUT2D eigenvalue weighted by Gasteiger charge is -2.10. The van der Waals surface area contributed by atoms with Gasteiger partial charge in [0.25, 0.3) is 0 Å². The Balaban J connectivity index is 3.05. The molecule has 15 heteroatoms. The van der Waals surface area contributed by atoms with E-state index in [1.54, 1.807) is 0 Å². The molecule has 0 N–H and O–H groups in total. The van der Waals surface area contributed by atoms with Crippen LogP contribution in [0.3, 0.4) is 0 Å². The molecule has 0 aliphatic heterocycles. The highest BCUT2D eigenvalue weighted by Gasteiger charge is 1.97. The molecule has 0 fully saturated rings. The van der Waals surface area contributed by atoms with Gasteiger partial charge in [-0.15, -0.1) is 0 Å². The summed E-state index contributed by atoms with van der Waals surface area (Å²) in [6.07, 6.45) is 0. The molecule has 0 aliphatic rings. The fraction of sp³-hybridized carbons (Fsp3) is 0.967. The van der Waals surface area contributed by atoms with Gasteiger partial charge >= 0.3 is 5.97 Å². The minimum absolute atomic E-state index is 0.258. The van der Waals surface area contributed by atoms with Gasteiger partial charge in [0, 0.05) is 13.5 Å². The Labute approximate surface area is 270 Å². The summed E-state index contributed by atoms with van der Waals surface area (Å²) >= 11 is 0. The summed E-state index contributed by atoms with van der Waals surface area (Å²) in [4.78, 5) is 12.7. The monoisotopic (exact) mass is 659 g/mol. The number of carbonyl (C=O) groups excluding carboxylic acids is 1. The molecule has 0 heterocycles. The number of ether oxygens (including phenoxy) is 13. The van der Waals surface area contributed by atoms with Gasteiger partial charge in [-0.1, -0.05) is 0 Å². The van der Waals surface area contributed by atoms with Crippen molar-refractivity contribution in [1.29, 1.82) is 0 Å². The van der Waals surface area contributed by atoms with Gasteiger partial charge in [-0.25, -0.2) is 0 Å². The molecule has 0 spiro atoms. The summed E-state index contributed by atoms with van der Waals surface area (Å²) in [6, 6.07) is 0. The molecule has 45 heavy (non-hydrogen) atoms. The van der Waals surface area contributed by atoms with Crippen molar-refractivity contribution in [2.24, 2.45) is 0 Å². The molecule has 0 aromatic rings. The van der Waals surface area contributed by atoms with Gasteiger partial charge < -0.3 is 66.5 Å². The second-order valence-corrected chi connectivity index (χ2v) is 9.49. The van der Waals surface area contributed by atoms with Gasteiger partial charge in [-0.05, 0) is 14.1 Å². The van der Waals surface area contributed by atoms with Crippen LogP contribution in [0.15, 0.2) is 0 Å². The van der Waals surface area contributed by atoms with Gasteiger partial charge in [0.1, 0.15) is 6.61 Å². The van der Waals surface area contributed by atoms with Crippen molar-refractivity contribution in [3.63, 3.8) is 0 Å². The van der Waals surface area contributed by atoms with Crippen molar-refractivity contribution >= 4 is 5.97 Å². The van der Waals surface area contributed by atoms with E-state index >= 15 is 0 Å². The third kappa shape index (κ3) is 43.0. The third-order valence-electron chi connectivity index (χ3n) is 5.31. The Morgan fingerprint density at radius 3 is 0.689 bits per heavy atom.